The molecular formula is C26H20FN3O2. The van der Waals surface area contributed by atoms with E-state index >= 15 is 0 Å². The summed E-state index contributed by atoms with van der Waals surface area (Å²) < 4.78 is 20.4. The Kier molecular flexibility index (Phi) is 6.00. The first-order valence-electron chi connectivity index (χ1n) is 9.97. The van der Waals surface area contributed by atoms with Crippen LogP contribution in [-0.4, -0.2) is 17.6 Å². The highest BCUT2D eigenvalue weighted by atomic mass is 19.1. The van der Waals surface area contributed by atoms with Crippen LogP contribution in [0.2, 0.25) is 0 Å². The Hall–Kier alpha value is -4.37. The van der Waals surface area contributed by atoms with Gasteiger partial charge in [0.15, 0.2) is 0 Å². The van der Waals surface area contributed by atoms with E-state index in [9.17, 15) is 14.4 Å². The molecule has 1 N–H and O–H groups in total. The molecule has 0 radical (unpaired) electrons. The van der Waals surface area contributed by atoms with Gasteiger partial charge in [-0.25, -0.2) is 4.39 Å². The number of para-hydroxylation sites is 1. The summed E-state index contributed by atoms with van der Waals surface area (Å²) in [4.78, 5) is 12.7. The summed E-state index contributed by atoms with van der Waals surface area (Å²) in [6.07, 6.45) is 3.48. The van der Waals surface area contributed by atoms with Gasteiger partial charge < -0.3 is 14.6 Å². The summed E-state index contributed by atoms with van der Waals surface area (Å²) in [5.41, 5.74) is 3.17. The zero-order chi connectivity index (χ0) is 22.5. The van der Waals surface area contributed by atoms with Crippen LogP contribution in [-0.2, 0) is 11.3 Å². The molecule has 6 heteroatoms. The Balaban J connectivity index is 1.66. The van der Waals surface area contributed by atoms with E-state index in [1.54, 1.807) is 49.6 Å². The Morgan fingerprint density at radius 1 is 1.12 bits per heavy atom. The second-order valence-corrected chi connectivity index (χ2v) is 7.21. The maximum absolute atomic E-state index is 13.2. The van der Waals surface area contributed by atoms with E-state index in [0.717, 1.165) is 22.0 Å². The maximum Gasteiger partial charge on any atom is 0.266 e. The number of anilines is 1. The van der Waals surface area contributed by atoms with Crippen LogP contribution >= 0.6 is 0 Å². The lowest BCUT2D eigenvalue weighted by Crippen LogP contribution is -2.13. The van der Waals surface area contributed by atoms with Crippen LogP contribution in [0.25, 0.3) is 17.0 Å². The molecule has 3 aromatic carbocycles. The van der Waals surface area contributed by atoms with Crippen molar-refractivity contribution < 1.29 is 13.9 Å². The van der Waals surface area contributed by atoms with Gasteiger partial charge in [-0.2, -0.15) is 5.26 Å². The zero-order valence-corrected chi connectivity index (χ0v) is 17.4. The monoisotopic (exact) mass is 425 g/mol. The SMILES string of the molecule is COc1cccc(NC(=O)C(C#N)=Cc2cn(Cc3ccc(F)cc3)c3ccccc23)c1. The Labute approximate surface area is 185 Å². The third kappa shape index (κ3) is 4.52. The number of nitriles is 1. The molecule has 5 nitrogen and oxygen atoms in total. The molecule has 0 atom stereocenters. The van der Waals surface area contributed by atoms with Gasteiger partial charge in [-0.1, -0.05) is 36.4 Å². The molecule has 1 aromatic heterocycles. The van der Waals surface area contributed by atoms with Crippen LogP contribution in [0.4, 0.5) is 10.1 Å². The number of fused-ring (bicyclic) bond motifs is 1. The third-order valence-corrected chi connectivity index (χ3v) is 5.08. The molecule has 1 amide bonds. The van der Waals surface area contributed by atoms with Crippen LogP contribution in [0.1, 0.15) is 11.1 Å². The smallest absolute Gasteiger partial charge is 0.266 e. The number of aromatic nitrogens is 1. The number of methoxy groups -OCH3 is 1. The second kappa shape index (κ2) is 9.19. The second-order valence-electron chi connectivity index (χ2n) is 7.21. The van der Waals surface area contributed by atoms with Crippen LogP contribution < -0.4 is 10.1 Å². The van der Waals surface area contributed by atoms with Gasteiger partial charge in [0.2, 0.25) is 0 Å². The molecule has 0 fully saturated rings. The Morgan fingerprint density at radius 3 is 2.66 bits per heavy atom. The molecule has 1 heterocycles. The quantitative estimate of drug-likeness (QED) is 0.333. The summed E-state index contributed by atoms with van der Waals surface area (Å²) in [6.45, 7) is 0.534. The van der Waals surface area contributed by atoms with Crippen molar-refractivity contribution >= 4 is 28.6 Å². The Bertz CT molecular complexity index is 1350. The van der Waals surface area contributed by atoms with E-state index in [-0.39, 0.29) is 11.4 Å². The molecule has 0 aliphatic rings. The number of benzene rings is 3. The van der Waals surface area contributed by atoms with Crippen molar-refractivity contribution in [2.75, 3.05) is 12.4 Å². The van der Waals surface area contributed by atoms with E-state index in [0.29, 0.717) is 18.0 Å². The van der Waals surface area contributed by atoms with Crippen molar-refractivity contribution in [3.63, 3.8) is 0 Å². The number of nitrogens with one attached hydrogen (secondary N) is 1. The Morgan fingerprint density at radius 2 is 1.91 bits per heavy atom. The largest absolute Gasteiger partial charge is 0.497 e. The van der Waals surface area contributed by atoms with Crippen molar-refractivity contribution in [2.45, 2.75) is 6.54 Å². The fraction of sp³-hybridized carbons (Fsp3) is 0.0769. The van der Waals surface area contributed by atoms with E-state index < -0.39 is 5.91 Å². The number of carbonyl (C=O) groups is 1. The number of halogens is 1. The molecule has 0 spiro atoms. The molecule has 32 heavy (non-hydrogen) atoms. The predicted octanol–water partition coefficient (Wildman–Crippen LogP) is 5.38. The molecule has 0 saturated carbocycles. The molecule has 4 rings (SSSR count). The summed E-state index contributed by atoms with van der Waals surface area (Å²) in [5.74, 6) is -0.180. The van der Waals surface area contributed by atoms with E-state index in [1.165, 1.54) is 12.1 Å². The first-order valence-corrected chi connectivity index (χ1v) is 9.97. The minimum absolute atomic E-state index is 0.0162. The van der Waals surface area contributed by atoms with E-state index in [2.05, 4.69) is 5.32 Å². The third-order valence-electron chi connectivity index (χ3n) is 5.08. The number of amides is 1. The fourth-order valence-corrected chi connectivity index (χ4v) is 3.51. The highest BCUT2D eigenvalue weighted by molar-refractivity contribution is 6.10. The molecule has 0 saturated heterocycles. The summed E-state index contributed by atoms with van der Waals surface area (Å²) in [7, 11) is 1.54. The molecule has 4 aromatic rings. The first kappa shape index (κ1) is 20.9. The summed E-state index contributed by atoms with van der Waals surface area (Å²) in [5, 5.41) is 13.3. The standard InChI is InChI=1S/C26H20FN3O2/c1-32-23-6-4-5-22(14-23)29-26(31)19(15-28)13-20-17-30(25-8-3-2-7-24(20)25)16-18-9-11-21(27)12-10-18/h2-14,17H,16H2,1H3,(H,29,31). The average molecular weight is 425 g/mol. The number of carbonyl (C=O) groups excluding carboxylic acids is 1. The molecular weight excluding hydrogens is 405 g/mol. The number of rotatable bonds is 6. The number of ether oxygens (including phenoxy) is 1. The molecule has 0 bridgehead atoms. The minimum Gasteiger partial charge on any atom is -0.497 e. The van der Waals surface area contributed by atoms with Crippen LogP contribution in [0, 0.1) is 17.1 Å². The number of hydrogen-bond donors (Lipinski definition) is 1. The highest BCUT2D eigenvalue weighted by Gasteiger charge is 2.13. The zero-order valence-electron chi connectivity index (χ0n) is 17.4. The predicted molar refractivity (Wildman–Crippen MR) is 123 cm³/mol. The normalized spacial score (nSPS) is 11.2. The van der Waals surface area contributed by atoms with Gasteiger partial charge in [0.05, 0.1) is 7.11 Å². The average Bonchev–Trinajstić information content (AvgIpc) is 3.16. The van der Waals surface area contributed by atoms with Crippen LogP contribution in [0.3, 0.4) is 0 Å². The molecule has 158 valence electrons. The fourth-order valence-electron chi connectivity index (χ4n) is 3.51. The first-order chi connectivity index (χ1) is 15.6. The van der Waals surface area contributed by atoms with Gasteiger partial charge >= 0.3 is 0 Å². The van der Waals surface area contributed by atoms with Crippen molar-refractivity contribution in [2.24, 2.45) is 0 Å². The van der Waals surface area contributed by atoms with Crippen molar-refractivity contribution in [1.29, 1.82) is 5.26 Å². The van der Waals surface area contributed by atoms with Crippen LogP contribution in [0.5, 0.6) is 5.75 Å². The summed E-state index contributed by atoms with van der Waals surface area (Å²) >= 11 is 0. The van der Waals surface area contributed by atoms with Crippen molar-refractivity contribution in [3.8, 4) is 11.8 Å². The van der Waals surface area contributed by atoms with Gasteiger partial charge in [0.25, 0.3) is 5.91 Å². The van der Waals surface area contributed by atoms with Gasteiger partial charge in [0, 0.05) is 41.0 Å². The van der Waals surface area contributed by atoms with Gasteiger partial charge in [-0.05, 0) is 42.0 Å². The number of hydrogen-bond acceptors (Lipinski definition) is 3. The lowest BCUT2D eigenvalue weighted by molar-refractivity contribution is -0.112. The van der Waals surface area contributed by atoms with Gasteiger partial charge in [-0.15, -0.1) is 0 Å². The van der Waals surface area contributed by atoms with Gasteiger partial charge in [0.1, 0.15) is 23.2 Å². The van der Waals surface area contributed by atoms with E-state index in [4.69, 9.17) is 4.74 Å². The lowest BCUT2D eigenvalue weighted by Gasteiger charge is -2.06. The minimum atomic E-state index is -0.504. The maximum atomic E-state index is 13.2. The van der Waals surface area contributed by atoms with E-state index in [1.807, 2.05) is 41.1 Å². The highest BCUT2D eigenvalue weighted by Crippen LogP contribution is 2.25. The molecule has 0 unspecified atom stereocenters. The topological polar surface area (TPSA) is 67.0 Å². The van der Waals surface area contributed by atoms with Crippen molar-refractivity contribution in [3.05, 3.63) is 102 Å². The van der Waals surface area contributed by atoms with Crippen LogP contribution in [0.15, 0.2) is 84.6 Å². The van der Waals surface area contributed by atoms with Crippen molar-refractivity contribution in [1.82, 2.24) is 4.57 Å². The number of nitrogens with zero attached hydrogens (tertiary/aromatic N) is 2. The lowest BCUT2D eigenvalue weighted by atomic mass is 10.1. The molecule has 0 aliphatic heterocycles. The van der Waals surface area contributed by atoms with Gasteiger partial charge in [-0.3, -0.25) is 4.79 Å². The molecule has 0 aliphatic carbocycles. The summed E-state index contributed by atoms with van der Waals surface area (Å²) in [6, 6.07) is 23.0.